The van der Waals surface area contributed by atoms with Crippen LogP contribution >= 0.6 is 0 Å². The Balaban J connectivity index is 2.16. The van der Waals surface area contributed by atoms with E-state index in [1.54, 1.807) is 24.3 Å². The summed E-state index contributed by atoms with van der Waals surface area (Å²) in [5.74, 6) is 0.379. The molecule has 14 heavy (non-hydrogen) atoms. The number of benzene rings is 1. The van der Waals surface area contributed by atoms with Crippen LogP contribution in [0, 0.1) is 5.92 Å². The van der Waals surface area contributed by atoms with Gasteiger partial charge in [0.05, 0.1) is 0 Å². The molecule has 74 valence electrons. The molecule has 1 saturated carbocycles. The molecule has 1 aromatic rings. The molecule has 0 atom stereocenters. The molecule has 0 heterocycles. The van der Waals surface area contributed by atoms with Gasteiger partial charge < -0.3 is 10.2 Å². The Morgan fingerprint density at radius 1 is 1.21 bits per heavy atom. The molecule has 1 aliphatic rings. The van der Waals surface area contributed by atoms with Crippen LogP contribution in [0.5, 0.6) is 0 Å². The van der Waals surface area contributed by atoms with Gasteiger partial charge >= 0.3 is 0 Å². The van der Waals surface area contributed by atoms with Crippen LogP contribution in [0.3, 0.4) is 0 Å². The van der Waals surface area contributed by atoms with E-state index in [0.29, 0.717) is 11.1 Å². The highest BCUT2D eigenvalue weighted by Crippen LogP contribution is 2.32. The molecule has 2 N–H and O–H groups in total. The molecule has 1 aliphatic carbocycles. The van der Waals surface area contributed by atoms with Gasteiger partial charge in [0, 0.05) is 17.0 Å². The van der Waals surface area contributed by atoms with E-state index in [0.717, 1.165) is 12.8 Å². The monoisotopic (exact) mass is 192 g/mol. The number of Topliss-reactive ketones (excluding diaryl/α,β-unsaturated/α-hetero) is 1. The fraction of sp³-hybridized carbons (Fsp3) is 0.364. The molecule has 3 nitrogen and oxygen atoms in total. The number of hydrogen-bond donors (Lipinski definition) is 2. The second-order valence-electron chi connectivity index (χ2n) is 3.63. The summed E-state index contributed by atoms with van der Waals surface area (Å²) in [6.45, 7) is 0. The van der Waals surface area contributed by atoms with Gasteiger partial charge in [-0.05, 0) is 12.8 Å². The average molecular weight is 192 g/mol. The molecule has 0 saturated heterocycles. The highest BCUT2D eigenvalue weighted by molar-refractivity contribution is 5.99. The second-order valence-corrected chi connectivity index (χ2v) is 3.63. The minimum atomic E-state index is -1.46. The number of aliphatic hydroxyl groups is 2. The van der Waals surface area contributed by atoms with Crippen molar-refractivity contribution in [3.8, 4) is 0 Å². The fourth-order valence-electron chi connectivity index (χ4n) is 1.40. The maximum absolute atomic E-state index is 11.6. The first-order valence-electron chi connectivity index (χ1n) is 4.69. The number of carbonyl (C=O) groups excluding carboxylic acids is 1. The van der Waals surface area contributed by atoms with Crippen molar-refractivity contribution in [2.75, 3.05) is 0 Å². The predicted octanol–water partition coefficient (Wildman–Crippen LogP) is 1.26. The van der Waals surface area contributed by atoms with Crippen LogP contribution in [-0.2, 0) is 0 Å². The molecule has 0 spiro atoms. The summed E-state index contributed by atoms with van der Waals surface area (Å²) < 4.78 is 0. The predicted molar refractivity (Wildman–Crippen MR) is 50.7 cm³/mol. The van der Waals surface area contributed by atoms with E-state index in [9.17, 15) is 4.79 Å². The van der Waals surface area contributed by atoms with Crippen LogP contribution in [0.15, 0.2) is 24.3 Å². The number of aliphatic hydroxyl groups excluding tert-OH is 1. The lowest BCUT2D eigenvalue weighted by Gasteiger charge is -2.04. The van der Waals surface area contributed by atoms with E-state index in [-0.39, 0.29) is 11.7 Å². The smallest absolute Gasteiger partial charge is 0.178 e. The normalized spacial score (nSPS) is 15.9. The van der Waals surface area contributed by atoms with E-state index >= 15 is 0 Å². The lowest BCUT2D eigenvalue weighted by Crippen LogP contribution is -2.02. The van der Waals surface area contributed by atoms with E-state index in [4.69, 9.17) is 10.2 Å². The van der Waals surface area contributed by atoms with Crippen molar-refractivity contribution in [2.45, 2.75) is 19.1 Å². The van der Waals surface area contributed by atoms with Crippen molar-refractivity contribution >= 4 is 5.78 Å². The highest BCUT2D eigenvalue weighted by Gasteiger charge is 2.30. The maximum atomic E-state index is 11.6. The zero-order valence-corrected chi connectivity index (χ0v) is 7.68. The first-order chi connectivity index (χ1) is 6.68. The summed E-state index contributed by atoms with van der Waals surface area (Å²) in [7, 11) is 0. The number of carbonyl (C=O) groups is 1. The third-order valence-electron chi connectivity index (χ3n) is 2.44. The van der Waals surface area contributed by atoms with Crippen LogP contribution in [0.1, 0.15) is 35.1 Å². The Morgan fingerprint density at radius 2 is 1.79 bits per heavy atom. The minimum Gasteiger partial charge on any atom is -0.364 e. The van der Waals surface area contributed by atoms with Crippen molar-refractivity contribution in [3.05, 3.63) is 35.4 Å². The summed E-state index contributed by atoms with van der Waals surface area (Å²) in [5, 5.41) is 17.7. The molecule has 3 heteroatoms. The molecular formula is C11H12O3. The van der Waals surface area contributed by atoms with Gasteiger partial charge in [-0.2, -0.15) is 0 Å². The largest absolute Gasteiger partial charge is 0.364 e. The van der Waals surface area contributed by atoms with Gasteiger partial charge in [-0.15, -0.1) is 0 Å². The topological polar surface area (TPSA) is 57.5 Å². The number of hydrogen-bond acceptors (Lipinski definition) is 3. The zero-order chi connectivity index (χ0) is 10.1. The first-order valence-corrected chi connectivity index (χ1v) is 4.69. The Hall–Kier alpha value is -1.19. The minimum absolute atomic E-state index is 0.170. The van der Waals surface area contributed by atoms with E-state index < -0.39 is 6.29 Å². The molecule has 0 aliphatic heterocycles. The van der Waals surface area contributed by atoms with Crippen molar-refractivity contribution in [1.29, 1.82) is 0 Å². The van der Waals surface area contributed by atoms with E-state index in [1.165, 1.54) is 0 Å². The zero-order valence-electron chi connectivity index (χ0n) is 7.68. The molecule has 1 aromatic carbocycles. The average Bonchev–Trinajstić information content (AvgIpc) is 3.00. The summed E-state index contributed by atoms with van der Waals surface area (Å²) in [6, 6.07) is 6.44. The number of rotatable bonds is 3. The van der Waals surface area contributed by atoms with E-state index in [2.05, 4.69) is 0 Å². The number of ketones is 1. The van der Waals surface area contributed by atoms with Crippen molar-refractivity contribution in [1.82, 2.24) is 0 Å². The SMILES string of the molecule is O=C(c1ccc(C(O)O)cc1)C1CC1. The molecule has 0 aromatic heterocycles. The highest BCUT2D eigenvalue weighted by atomic mass is 16.5. The third kappa shape index (κ3) is 1.84. The van der Waals surface area contributed by atoms with Crippen molar-refractivity contribution in [3.63, 3.8) is 0 Å². The van der Waals surface area contributed by atoms with Gasteiger partial charge in [-0.1, -0.05) is 24.3 Å². The van der Waals surface area contributed by atoms with Crippen LogP contribution in [0.2, 0.25) is 0 Å². The molecule has 1 fully saturated rings. The van der Waals surface area contributed by atoms with Gasteiger partial charge in [0.25, 0.3) is 0 Å². The Bertz CT molecular complexity index is 336. The maximum Gasteiger partial charge on any atom is 0.178 e. The Labute approximate surface area is 82.0 Å². The summed E-state index contributed by atoms with van der Waals surface area (Å²) >= 11 is 0. The van der Waals surface area contributed by atoms with Crippen molar-refractivity contribution < 1.29 is 15.0 Å². The summed E-state index contributed by atoms with van der Waals surface area (Å²) in [4.78, 5) is 11.6. The quantitative estimate of drug-likeness (QED) is 0.560. The van der Waals surface area contributed by atoms with Gasteiger partial charge in [0.1, 0.15) is 0 Å². The van der Waals surface area contributed by atoms with Gasteiger partial charge in [-0.25, -0.2) is 0 Å². The molecule has 2 rings (SSSR count). The van der Waals surface area contributed by atoms with Crippen LogP contribution < -0.4 is 0 Å². The Morgan fingerprint density at radius 3 is 2.21 bits per heavy atom. The fourth-order valence-corrected chi connectivity index (χ4v) is 1.40. The summed E-state index contributed by atoms with van der Waals surface area (Å²) in [5.41, 5.74) is 1.08. The van der Waals surface area contributed by atoms with Crippen LogP contribution in [-0.4, -0.2) is 16.0 Å². The van der Waals surface area contributed by atoms with Gasteiger partial charge in [0.15, 0.2) is 12.1 Å². The third-order valence-corrected chi connectivity index (χ3v) is 2.44. The van der Waals surface area contributed by atoms with Crippen LogP contribution in [0.25, 0.3) is 0 Å². The molecule has 0 amide bonds. The van der Waals surface area contributed by atoms with Crippen LogP contribution in [0.4, 0.5) is 0 Å². The van der Waals surface area contributed by atoms with Gasteiger partial charge in [0.2, 0.25) is 0 Å². The lowest BCUT2D eigenvalue weighted by molar-refractivity contribution is -0.0424. The Kier molecular flexibility index (Phi) is 2.35. The standard InChI is InChI=1S/C11H12O3/c12-10(7-1-2-7)8-3-5-9(6-4-8)11(13)14/h3-7,11,13-14H,1-2H2. The van der Waals surface area contributed by atoms with E-state index in [1.807, 2.05) is 0 Å². The van der Waals surface area contributed by atoms with Crippen molar-refractivity contribution in [2.24, 2.45) is 5.92 Å². The molecule has 0 unspecified atom stereocenters. The second kappa shape index (κ2) is 3.52. The molecule has 0 bridgehead atoms. The first kappa shape index (κ1) is 9.37. The molecule has 0 radical (unpaired) electrons. The summed E-state index contributed by atoms with van der Waals surface area (Å²) in [6.07, 6.45) is 0.520. The molecular weight excluding hydrogens is 180 g/mol. The van der Waals surface area contributed by atoms with Gasteiger partial charge in [-0.3, -0.25) is 4.79 Å². The lowest BCUT2D eigenvalue weighted by atomic mass is 10.1.